The molecule has 8 heavy (non-hydrogen) atoms. The van der Waals surface area contributed by atoms with Crippen molar-refractivity contribution in [2.24, 2.45) is 0 Å². The molecule has 0 spiro atoms. The molecule has 0 heterocycles. The minimum Gasteiger partial charge on any atom is -0.412 e. The Morgan fingerprint density at radius 2 is 1.50 bits per heavy atom. The molecule has 49 valence electrons. The summed E-state index contributed by atoms with van der Waals surface area (Å²) in [5, 5.41) is 7.59. The van der Waals surface area contributed by atoms with Crippen LogP contribution in [0.4, 0.5) is 0 Å². The quantitative estimate of drug-likeness (QED) is 0.312. The van der Waals surface area contributed by atoms with Crippen LogP contribution in [0.2, 0.25) is 0 Å². The predicted octanol–water partition coefficient (Wildman–Crippen LogP) is -2.87. The van der Waals surface area contributed by atoms with Gasteiger partial charge in [0.25, 0.3) is 0 Å². The third kappa shape index (κ3) is 28.1. The molecular formula is CH8NaO5S. The normalized spacial score (nSPS) is 9.25. The fraction of sp³-hybridized carbons (Fsp3) is 1.00. The molecule has 0 aliphatic heterocycles. The van der Waals surface area contributed by atoms with Crippen molar-refractivity contribution >= 4 is 40.6 Å². The summed E-state index contributed by atoms with van der Waals surface area (Å²) in [6.45, 7) is 0. The van der Waals surface area contributed by atoms with Crippen molar-refractivity contribution in [2.75, 3.05) is 5.94 Å². The van der Waals surface area contributed by atoms with Crippen molar-refractivity contribution in [2.45, 2.75) is 0 Å². The second-order valence-corrected chi connectivity index (χ2v) is 1.35. The van der Waals surface area contributed by atoms with Crippen LogP contribution in [-0.2, 0) is 11.1 Å². The van der Waals surface area contributed by atoms with Crippen LogP contribution in [-0.4, -0.2) is 60.3 Å². The van der Waals surface area contributed by atoms with E-state index >= 15 is 0 Å². The smallest absolute Gasteiger partial charge is 0.179 e. The Labute approximate surface area is 71.3 Å². The summed E-state index contributed by atoms with van der Waals surface area (Å²) in [6, 6.07) is 0. The zero-order chi connectivity index (χ0) is 4.28. The van der Waals surface area contributed by atoms with Crippen molar-refractivity contribution in [3.05, 3.63) is 0 Å². The Bertz CT molecular complexity index is 47.7. The van der Waals surface area contributed by atoms with Gasteiger partial charge >= 0.3 is 0 Å². The molecule has 0 aliphatic rings. The van der Waals surface area contributed by atoms with E-state index in [2.05, 4.69) is 0 Å². The molecule has 0 saturated heterocycles. The number of aliphatic hydroxyl groups is 1. The van der Waals surface area contributed by atoms with Gasteiger partial charge in [0.2, 0.25) is 0 Å². The molecule has 0 aliphatic carbocycles. The van der Waals surface area contributed by atoms with E-state index < -0.39 is 17.0 Å². The second kappa shape index (κ2) is 15.7. The van der Waals surface area contributed by atoms with Crippen molar-refractivity contribution in [3.8, 4) is 0 Å². The molecule has 5 nitrogen and oxygen atoms in total. The zero-order valence-electron chi connectivity index (χ0n) is 4.42. The van der Waals surface area contributed by atoms with Crippen LogP contribution in [0.5, 0.6) is 0 Å². The molecule has 6 N–H and O–H groups in total. The van der Waals surface area contributed by atoms with Gasteiger partial charge in [-0.1, -0.05) is 0 Å². The Hall–Kier alpha value is 0.990. The average molecular weight is 155 g/mol. The SMILES string of the molecule is O.O.O=S(O)CO.[Na]. The topological polar surface area (TPSA) is 121 Å². The maximum absolute atomic E-state index is 9.23. The van der Waals surface area contributed by atoms with Crippen LogP contribution in [0.15, 0.2) is 0 Å². The molecule has 1 atom stereocenters. The maximum Gasteiger partial charge on any atom is 0.179 e. The summed E-state index contributed by atoms with van der Waals surface area (Å²) in [4.78, 5) is 0. The molecule has 0 bridgehead atoms. The van der Waals surface area contributed by atoms with Crippen LogP contribution < -0.4 is 0 Å². The van der Waals surface area contributed by atoms with Crippen molar-refractivity contribution in [3.63, 3.8) is 0 Å². The largest absolute Gasteiger partial charge is 0.412 e. The van der Waals surface area contributed by atoms with Gasteiger partial charge < -0.3 is 20.6 Å². The summed E-state index contributed by atoms with van der Waals surface area (Å²) >= 11 is -2.02. The average Bonchev–Trinajstić information content (AvgIpc) is 1.38. The molecule has 0 aromatic heterocycles. The van der Waals surface area contributed by atoms with E-state index in [0.29, 0.717) is 0 Å². The summed E-state index contributed by atoms with van der Waals surface area (Å²) in [7, 11) is 0. The first-order valence-corrected chi connectivity index (χ1v) is 2.23. The van der Waals surface area contributed by atoms with E-state index in [0.717, 1.165) is 0 Å². The van der Waals surface area contributed by atoms with Gasteiger partial charge in [0.15, 0.2) is 11.1 Å². The number of aliphatic hydroxyl groups excluding tert-OH is 1. The van der Waals surface area contributed by atoms with Crippen molar-refractivity contribution in [1.82, 2.24) is 0 Å². The summed E-state index contributed by atoms with van der Waals surface area (Å²) < 4.78 is 16.8. The van der Waals surface area contributed by atoms with Crippen molar-refractivity contribution < 1.29 is 24.8 Å². The molecular weight excluding hydrogens is 147 g/mol. The Morgan fingerprint density at radius 1 is 1.38 bits per heavy atom. The first kappa shape index (κ1) is 23.0. The first-order valence-electron chi connectivity index (χ1n) is 0.954. The minimum absolute atomic E-state index is 0. The van der Waals surface area contributed by atoms with Gasteiger partial charge in [0, 0.05) is 29.6 Å². The summed E-state index contributed by atoms with van der Waals surface area (Å²) in [5.74, 6) is -0.667. The predicted molar refractivity (Wildman–Crippen MR) is 30.8 cm³/mol. The van der Waals surface area contributed by atoms with E-state index in [9.17, 15) is 4.21 Å². The molecule has 0 rings (SSSR count). The fourth-order valence-corrected chi connectivity index (χ4v) is 0. The third-order valence-corrected chi connectivity index (χ3v) is 0.331. The molecule has 1 radical (unpaired) electrons. The number of hydrogen-bond acceptors (Lipinski definition) is 2. The van der Waals surface area contributed by atoms with Crippen LogP contribution in [0.25, 0.3) is 0 Å². The third-order valence-electron chi connectivity index (χ3n) is 0.110. The fourth-order valence-electron chi connectivity index (χ4n) is 0. The second-order valence-electron chi connectivity index (χ2n) is 0.451. The Morgan fingerprint density at radius 3 is 1.50 bits per heavy atom. The van der Waals surface area contributed by atoms with Gasteiger partial charge in [-0.05, 0) is 0 Å². The Kier molecular flexibility index (Phi) is 45.2. The van der Waals surface area contributed by atoms with E-state index in [1.807, 2.05) is 0 Å². The Balaban J connectivity index is -0.0000000267. The molecule has 0 amide bonds. The van der Waals surface area contributed by atoms with E-state index in [1.165, 1.54) is 0 Å². The van der Waals surface area contributed by atoms with E-state index in [4.69, 9.17) is 9.66 Å². The molecule has 0 aromatic rings. The molecule has 0 aromatic carbocycles. The number of rotatable bonds is 1. The van der Waals surface area contributed by atoms with E-state index in [1.54, 1.807) is 0 Å². The molecule has 7 heteroatoms. The van der Waals surface area contributed by atoms with Gasteiger partial charge in [0.1, 0.15) is 5.94 Å². The van der Waals surface area contributed by atoms with Gasteiger partial charge in [-0.25, -0.2) is 4.21 Å². The van der Waals surface area contributed by atoms with Crippen LogP contribution in [0.1, 0.15) is 0 Å². The summed E-state index contributed by atoms with van der Waals surface area (Å²) in [6.07, 6.45) is 0. The summed E-state index contributed by atoms with van der Waals surface area (Å²) in [5.41, 5.74) is 0. The van der Waals surface area contributed by atoms with Gasteiger partial charge in [-0.3, -0.25) is 0 Å². The van der Waals surface area contributed by atoms with Crippen LogP contribution >= 0.6 is 0 Å². The first-order chi connectivity index (χ1) is 2.27. The molecule has 1 unspecified atom stereocenters. The standard InChI is InChI=1S/CH4O3S.Na.2H2O/c2-1-5(3)4;;;/h2H,1H2,(H,3,4);;2*1H2. The monoisotopic (exact) mass is 155 g/mol. The zero-order valence-corrected chi connectivity index (χ0v) is 7.23. The van der Waals surface area contributed by atoms with Gasteiger partial charge in [0.05, 0.1) is 0 Å². The van der Waals surface area contributed by atoms with E-state index in [-0.39, 0.29) is 40.5 Å². The van der Waals surface area contributed by atoms with Gasteiger partial charge in [-0.15, -0.1) is 0 Å². The maximum atomic E-state index is 9.23. The van der Waals surface area contributed by atoms with Crippen LogP contribution in [0.3, 0.4) is 0 Å². The van der Waals surface area contributed by atoms with Crippen LogP contribution in [0, 0.1) is 0 Å². The van der Waals surface area contributed by atoms with Gasteiger partial charge in [-0.2, -0.15) is 0 Å². The minimum atomic E-state index is -2.02. The molecule has 0 saturated carbocycles. The number of hydrogen-bond donors (Lipinski definition) is 2. The molecule has 0 fully saturated rings. The van der Waals surface area contributed by atoms with Crippen molar-refractivity contribution in [1.29, 1.82) is 0 Å².